The molecule has 0 radical (unpaired) electrons. The van der Waals surface area contributed by atoms with Gasteiger partial charge in [-0.1, -0.05) is 83.9 Å². The lowest BCUT2D eigenvalue weighted by Crippen LogP contribution is -2.17. The van der Waals surface area contributed by atoms with Gasteiger partial charge in [-0.15, -0.1) is 0 Å². The Morgan fingerprint density at radius 1 is 0.846 bits per heavy atom. The Morgan fingerprint density at radius 2 is 1.51 bits per heavy atom. The van der Waals surface area contributed by atoms with Gasteiger partial charge in [-0.3, -0.25) is 4.79 Å². The monoisotopic (exact) mass is 553 g/mol. The molecule has 0 fully saturated rings. The number of hydrogen-bond acceptors (Lipinski definition) is 3. The normalized spacial score (nSPS) is 11.1. The molecule has 1 amide bonds. The Morgan fingerprint density at radius 3 is 2.15 bits per heavy atom. The van der Waals surface area contributed by atoms with E-state index in [0.29, 0.717) is 22.2 Å². The average molecular weight is 554 g/mol. The molecule has 0 aliphatic carbocycles. The average Bonchev–Trinajstić information content (AvgIpc) is 3.35. The molecule has 1 N–H and O–H groups in total. The van der Waals surface area contributed by atoms with Crippen LogP contribution in [0.4, 0.5) is 0 Å². The predicted molar refractivity (Wildman–Crippen MR) is 159 cm³/mol. The number of rotatable bonds is 8. The zero-order valence-corrected chi connectivity index (χ0v) is 22.7. The number of nitrogens with one attached hydrogen (secondary N) is 1. The SMILES string of the molecule is CCOc1ccc(-n2c(-c3ccccc3)cc(/C=N\NC(=O)c3ccc(Cl)c(Cl)c3)c2-c2ccccc2)cc1. The molecule has 0 saturated heterocycles. The zero-order valence-electron chi connectivity index (χ0n) is 21.1. The van der Waals surface area contributed by atoms with Crippen LogP contribution in [0, 0.1) is 0 Å². The van der Waals surface area contributed by atoms with Crippen molar-refractivity contribution in [3.8, 4) is 34.0 Å². The summed E-state index contributed by atoms with van der Waals surface area (Å²) in [5.41, 5.74) is 8.74. The quantitative estimate of drug-likeness (QED) is 0.155. The van der Waals surface area contributed by atoms with Gasteiger partial charge in [-0.25, -0.2) is 5.43 Å². The van der Waals surface area contributed by atoms with Crippen LogP contribution < -0.4 is 10.2 Å². The maximum Gasteiger partial charge on any atom is 0.271 e. The van der Waals surface area contributed by atoms with Crippen molar-refractivity contribution in [2.45, 2.75) is 6.92 Å². The first-order valence-corrected chi connectivity index (χ1v) is 13.2. The smallest absolute Gasteiger partial charge is 0.271 e. The van der Waals surface area contributed by atoms with Gasteiger partial charge < -0.3 is 9.30 Å². The molecule has 5 rings (SSSR count). The molecule has 1 heterocycles. The number of amides is 1. The van der Waals surface area contributed by atoms with Crippen molar-refractivity contribution in [3.05, 3.63) is 130 Å². The van der Waals surface area contributed by atoms with E-state index in [1.165, 1.54) is 6.07 Å². The molecule has 194 valence electrons. The highest BCUT2D eigenvalue weighted by Crippen LogP contribution is 2.36. The maximum atomic E-state index is 12.7. The molecule has 5 nitrogen and oxygen atoms in total. The van der Waals surface area contributed by atoms with Crippen molar-refractivity contribution >= 4 is 35.3 Å². The van der Waals surface area contributed by atoms with Crippen LogP contribution in [-0.2, 0) is 0 Å². The molecule has 0 saturated carbocycles. The number of nitrogens with zero attached hydrogens (tertiary/aromatic N) is 2. The first-order valence-electron chi connectivity index (χ1n) is 12.4. The number of hydrazone groups is 1. The van der Waals surface area contributed by atoms with Crippen LogP contribution >= 0.6 is 23.2 Å². The highest BCUT2D eigenvalue weighted by atomic mass is 35.5. The minimum absolute atomic E-state index is 0.305. The highest BCUT2D eigenvalue weighted by Gasteiger charge is 2.19. The second-order valence-corrected chi connectivity index (χ2v) is 9.47. The first kappa shape index (κ1) is 26.3. The molecule has 0 spiro atoms. The van der Waals surface area contributed by atoms with E-state index in [-0.39, 0.29) is 5.91 Å². The predicted octanol–water partition coefficient (Wildman–Crippen LogP) is 8.28. The first-order chi connectivity index (χ1) is 19.0. The molecule has 39 heavy (non-hydrogen) atoms. The van der Waals surface area contributed by atoms with Gasteiger partial charge in [0.1, 0.15) is 5.75 Å². The number of halogens is 2. The molecule has 0 unspecified atom stereocenters. The van der Waals surface area contributed by atoms with Crippen LogP contribution in [0.1, 0.15) is 22.8 Å². The summed E-state index contributed by atoms with van der Waals surface area (Å²) in [6.07, 6.45) is 1.66. The molecule has 0 atom stereocenters. The van der Waals surface area contributed by atoms with Crippen molar-refractivity contribution in [2.24, 2.45) is 5.10 Å². The van der Waals surface area contributed by atoms with E-state index in [9.17, 15) is 4.79 Å². The number of carbonyl (C=O) groups is 1. The van der Waals surface area contributed by atoms with Gasteiger partial charge in [0.2, 0.25) is 0 Å². The van der Waals surface area contributed by atoms with E-state index >= 15 is 0 Å². The van der Waals surface area contributed by atoms with E-state index in [1.807, 2.05) is 67.6 Å². The Labute approximate surface area is 237 Å². The summed E-state index contributed by atoms with van der Waals surface area (Å²) in [4.78, 5) is 12.7. The molecular formula is C32H25Cl2N3O2. The largest absolute Gasteiger partial charge is 0.494 e. The minimum atomic E-state index is -0.389. The third kappa shape index (κ3) is 5.90. The van der Waals surface area contributed by atoms with Gasteiger partial charge in [0.15, 0.2) is 0 Å². The fourth-order valence-electron chi connectivity index (χ4n) is 4.33. The van der Waals surface area contributed by atoms with Crippen molar-refractivity contribution in [1.82, 2.24) is 9.99 Å². The fourth-order valence-corrected chi connectivity index (χ4v) is 4.63. The molecule has 0 aliphatic rings. The van der Waals surface area contributed by atoms with Crippen LogP contribution in [0.25, 0.3) is 28.2 Å². The standard InChI is InChI=1S/C32H25Cl2N3O2/c1-2-39-27-16-14-26(15-17-27)37-30(22-9-5-3-6-10-22)20-25(31(37)23-11-7-4-8-12-23)21-35-36-32(38)24-13-18-28(33)29(34)19-24/h3-21H,2H2,1H3,(H,36,38)/b35-21-. The molecular weight excluding hydrogens is 529 g/mol. The maximum absolute atomic E-state index is 12.7. The van der Waals surface area contributed by atoms with Gasteiger partial charge in [0.25, 0.3) is 5.91 Å². The van der Waals surface area contributed by atoms with Crippen molar-refractivity contribution < 1.29 is 9.53 Å². The molecule has 0 aliphatic heterocycles. The lowest BCUT2D eigenvalue weighted by molar-refractivity contribution is 0.0955. The van der Waals surface area contributed by atoms with E-state index in [1.54, 1.807) is 18.3 Å². The Bertz CT molecular complexity index is 1610. The van der Waals surface area contributed by atoms with Gasteiger partial charge in [-0.2, -0.15) is 5.10 Å². The van der Waals surface area contributed by atoms with Crippen molar-refractivity contribution in [1.29, 1.82) is 0 Å². The Kier molecular flexibility index (Phi) is 8.11. The number of benzene rings is 4. The summed E-state index contributed by atoms with van der Waals surface area (Å²) in [7, 11) is 0. The summed E-state index contributed by atoms with van der Waals surface area (Å²) >= 11 is 12.1. The van der Waals surface area contributed by atoms with E-state index in [4.69, 9.17) is 27.9 Å². The summed E-state index contributed by atoms with van der Waals surface area (Å²) in [6, 6.07) is 35.0. The number of ether oxygens (including phenoxy) is 1. The van der Waals surface area contributed by atoms with Gasteiger partial charge in [0, 0.05) is 16.8 Å². The van der Waals surface area contributed by atoms with Gasteiger partial charge in [0.05, 0.1) is 34.3 Å². The lowest BCUT2D eigenvalue weighted by Gasteiger charge is -2.15. The van der Waals surface area contributed by atoms with Gasteiger partial charge in [-0.05, 0) is 66.6 Å². The summed E-state index contributed by atoms with van der Waals surface area (Å²) in [5.74, 6) is 0.419. The van der Waals surface area contributed by atoms with Crippen LogP contribution in [-0.4, -0.2) is 23.3 Å². The molecule has 7 heteroatoms. The number of carbonyl (C=O) groups excluding carboxylic acids is 1. The second-order valence-electron chi connectivity index (χ2n) is 8.66. The number of aromatic nitrogens is 1. The lowest BCUT2D eigenvalue weighted by atomic mass is 10.1. The summed E-state index contributed by atoms with van der Waals surface area (Å²) in [5, 5.41) is 4.99. The van der Waals surface area contributed by atoms with Crippen molar-refractivity contribution in [3.63, 3.8) is 0 Å². The van der Waals surface area contributed by atoms with Crippen LogP contribution in [0.2, 0.25) is 10.0 Å². The van der Waals surface area contributed by atoms with Crippen molar-refractivity contribution in [2.75, 3.05) is 6.61 Å². The van der Waals surface area contributed by atoms with Crippen LogP contribution in [0.15, 0.2) is 114 Å². The van der Waals surface area contributed by atoms with Crippen LogP contribution in [0.5, 0.6) is 5.75 Å². The van der Waals surface area contributed by atoms with E-state index in [0.717, 1.165) is 39.5 Å². The zero-order chi connectivity index (χ0) is 27.2. The minimum Gasteiger partial charge on any atom is -0.494 e. The molecule has 0 bridgehead atoms. The van der Waals surface area contributed by atoms with E-state index < -0.39 is 0 Å². The second kappa shape index (κ2) is 12.0. The summed E-state index contributed by atoms with van der Waals surface area (Å²) < 4.78 is 7.87. The van der Waals surface area contributed by atoms with Gasteiger partial charge >= 0.3 is 0 Å². The van der Waals surface area contributed by atoms with E-state index in [2.05, 4.69) is 45.4 Å². The Hall–Kier alpha value is -4.32. The van der Waals surface area contributed by atoms with Crippen LogP contribution in [0.3, 0.4) is 0 Å². The topological polar surface area (TPSA) is 55.6 Å². The number of hydrogen-bond donors (Lipinski definition) is 1. The third-order valence-electron chi connectivity index (χ3n) is 6.10. The molecule has 1 aromatic heterocycles. The fraction of sp³-hybridized carbons (Fsp3) is 0.0625. The highest BCUT2D eigenvalue weighted by molar-refractivity contribution is 6.42. The molecule has 4 aromatic carbocycles. The third-order valence-corrected chi connectivity index (χ3v) is 6.84. The Balaban J connectivity index is 1.61. The molecule has 5 aromatic rings. The summed E-state index contributed by atoms with van der Waals surface area (Å²) in [6.45, 7) is 2.56.